The average Bonchev–Trinajstić information content (AvgIpc) is 3.60. The Kier molecular flexibility index (Phi) is 7.89. The van der Waals surface area contributed by atoms with Gasteiger partial charge in [-0.15, -0.1) is 12.4 Å². The van der Waals surface area contributed by atoms with E-state index in [-0.39, 0.29) is 18.2 Å². The molecule has 11 nitrogen and oxygen atoms in total. The number of anilines is 2. The number of H-pyrrole nitrogens is 1. The first-order chi connectivity index (χ1) is 19.3. The van der Waals surface area contributed by atoms with Crippen LogP contribution in [-0.4, -0.2) is 72.1 Å². The van der Waals surface area contributed by atoms with Gasteiger partial charge in [-0.2, -0.15) is 5.10 Å². The van der Waals surface area contributed by atoms with Crippen LogP contribution >= 0.6 is 12.4 Å². The molecule has 4 aromatic heterocycles. The van der Waals surface area contributed by atoms with Crippen LogP contribution in [0.25, 0.3) is 22.3 Å². The number of nitrogens with zero attached hydrogens (tertiary/aromatic N) is 8. The fraction of sp³-hybridized carbons (Fsp3) is 0.321. The van der Waals surface area contributed by atoms with Crippen molar-refractivity contribution >= 4 is 35.2 Å². The summed E-state index contributed by atoms with van der Waals surface area (Å²) < 4.78 is 15.1. The van der Waals surface area contributed by atoms with Gasteiger partial charge in [0, 0.05) is 55.9 Å². The van der Waals surface area contributed by atoms with Crippen LogP contribution in [0.3, 0.4) is 0 Å². The number of nitrogens with one attached hydrogen (secondary N) is 1. The zero-order valence-electron chi connectivity index (χ0n) is 22.8. The molecule has 6 rings (SSSR count). The Bertz CT molecular complexity index is 1610. The van der Waals surface area contributed by atoms with Gasteiger partial charge < -0.3 is 25.6 Å². The van der Waals surface area contributed by atoms with Crippen molar-refractivity contribution in [1.29, 1.82) is 0 Å². The highest BCUT2D eigenvalue weighted by Crippen LogP contribution is 2.30. The summed E-state index contributed by atoms with van der Waals surface area (Å²) in [5.74, 6) is 1.22. The summed E-state index contributed by atoms with van der Waals surface area (Å²) in [6.45, 7) is 6.98. The fourth-order valence-corrected chi connectivity index (χ4v) is 5.04. The number of nitrogens with two attached hydrogens (primary N) is 1. The van der Waals surface area contributed by atoms with E-state index in [1.54, 1.807) is 48.7 Å². The molecular formula is C28H32ClFN10O. The molecule has 0 amide bonds. The molecular weight excluding hydrogens is 547 g/mol. The highest BCUT2D eigenvalue weighted by atomic mass is 35.5. The number of aliphatic hydroxyl groups is 1. The number of benzene rings is 1. The number of hydrogen-bond acceptors (Lipinski definition) is 9. The molecule has 1 aliphatic rings. The predicted molar refractivity (Wildman–Crippen MR) is 158 cm³/mol. The van der Waals surface area contributed by atoms with Crippen molar-refractivity contribution in [2.24, 2.45) is 5.73 Å². The van der Waals surface area contributed by atoms with E-state index in [2.05, 4.69) is 39.8 Å². The molecule has 0 bridgehead atoms. The Morgan fingerprint density at radius 2 is 1.68 bits per heavy atom. The summed E-state index contributed by atoms with van der Waals surface area (Å²) in [7, 11) is 0. The number of piperazine rings is 1. The van der Waals surface area contributed by atoms with E-state index < -0.39 is 11.6 Å². The van der Waals surface area contributed by atoms with E-state index in [4.69, 9.17) is 5.73 Å². The summed E-state index contributed by atoms with van der Waals surface area (Å²) in [5.41, 5.74) is 9.85. The third-order valence-corrected chi connectivity index (χ3v) is 7.34. The minimum Gasteiger partial charge on any atom is -0.391 e. The second-order valence-electron chi connectivity index (χ2n) is 10.4. The van der Waals surface area contributed by atoms with E-state index in [0.29, 0.717) is 12.5 Å². The van der Waals surface area contributed by atoms with Gasteiger partial charge in [-0.25, -0.2) is 24.3 Å². The van der Waals surface area contributed by atoms with Crippen molar-refractivity contribution in [2.75, 3.05) is 36.0 Å². The summed E-state index contributed by atoms with van der Waals surface area (Å²) in [6, 6.07) is 8.23. The molecule has 5 heterocycles. The van der Waals surface area contributed by atoms with E-state index in [1.165, 1.54) is 12.1 Å². The van der Waals surface area contributed by atoms with Gasteiger partial charge in [-0.3, -0.25) is 4.68 Å². The standard InChI is InChI=1S/C28H31FN10O.ClH/c1-18(40)15-39-16-19(12-35-39)24-11-23-25(36-24)33-17-34-26(23)37-7-9-38(10-8-37)27-31-13-21(14-32-27)28(2,30)20-3-5-22(29)6-4-20;/h3-6,11-14,16-18,40H,7-10,15,30H2,1-2H3,(H,33,34,36);1H. The van der Waals surface area contributed by atoms with Gasteiger partial charge in [0.05, 0.1) is 35.5 Å². The molecule has 0 radical (unpaired) electrons. The van der Waals surface area contributed by atoms with Gasteiger partial charge in [0.1, 0.15) is 23.6 Å². The lowest BCUT2D eigenvalue weighted by Gasteiger charge is -2.35. The third kappa shape index (κ3) is 5.71. The smallest absolute Gasteiger partial charge is 0.225 e. The van der Waals surface area contributed by atoms with Crippen LogP contribution in [0.15, 0.2) is 61.4 Å². The number of aromatic amines is 1. The van der Waals surface area contributed by atoms with Crippen LogP contribution in [0.4, 0.5) is 16.2 Å². The SMILES string of the molecule is CC(O)Cn1cc(-c2cc3c(N4CCN(c5ncc(C(C)(N)c6ccc(F)cc6)cn5)CC4)ncnc3[nH]2)cn1.Cl. The molecule has 2 unspecified atom stereocenters. The van der Waals surface area contributed by atoms with Gasteiger partial charge in [0.15, 0.2) is 0 Å². The van der Waals surface area contributed by atoms with Crippen LogP contribution in [0.1, 0.15) is 25.0 Å². The Hall–Kier alpha value is -4.13. The molecule has 214 valence electrons. The third-order valence-electron chi connectivity index (χ3n) is 7.34. The summed E-state index contributed by atoms with van der Waals surface area (Å²) in [5, 5.41) is 14.9. The number of rotatable bonds is 7. The number of fused-ring (bicyclic) bond motifs is 1. The molecule has 41 heavy (non-hydrogen) atoms. The van der Waals surface area contributed by atoms with Crippen LogP contribution in [-0.2, 0) is 12.1 Å². The van der Waals surface area contributed by atoms with Crippen molar-refractivity contribution in [1.82, 2.24) is 34.7 Å². The van der Waals surface area contributed by atoms with Gasteiger partial charge >= 0.3 is 0 Å². The lowest BCUT2D eigenvalue weighted by molar-refractivity contribution is 0.168. The fourth-order valence-electron chi connectivity index (χ4n) is 5.04. The van der Waals surface area contributed by atoms with Crippen molar-refractivity contribution in [3.8, 4) is 11.3 Å². The van der Waals surface area contributed by atoms with E-state index in [0.717, 1.165) is 65.4 Å². The van der Waals surface area contributed by atoms with Crippen LogP contribution in [0.5, 0.6) is 0 Å². The zero-order chi connectivity index (χ0) is 27.9. The Morgan fingerprint density at radius 1 is 1.00 bits per heavy atom. The number of halogens is 2. The molecule has 5 aromatic rings. The highest BCUT2D eigenvalue weighted by Gasteiger charge is 2.26. The van der Waals surface area contributed by atoms with Crippen LogP contribution < -0.4 is 15.5 Å². The number of aliphatic hydroxyl groups excluding tert-OH is 1. The van der Waals surface area contributed by atoms with Crippen molar-refractivity contribution in [2.45, 2.75) is 32.0 Å². The van der Waals surface area contributed by atoms with Crippen LogP contribution in [0, 0.1) is 5.82 Å². The second kappa shape index (κ2) is 11.4. The lowest BCUT2D eigenvalue weighted by atomic mass is 9.87. The Balaban J connectivity index is 0.00000337. The second-order valence-corrected chi connectivity index (χ2v) is 10.4. The van der Waals surface area contributed by atoms with E-state index in [1.807, 2.05) is 19.2 Å². The minimum absolute atomic E-state index is 0. The van der Waals surface area contributed by atoms with Crippen LogP contribution in [0.2, 0.25) is 0 Å². The molecule has 1 aliphatic heterocycles. The quantitative estimate of drug-likeness (QED) is 0.266. The molecule has 0 aliphatic carbocycles. The molecule has 4 N–H and O–H groups in total. The van der Waals surface area contributed by atoms with Gasteiger partial charge in [-0.05, 0) is 37.6 Å². The molecule has 13 heteroatoms. The van der Waals surface area contributed by atoms with Crippen molar-refractivity contribution < 1.29 is 9.50 Å². The van der Waals surface area contributed by atoms with Crippen molar-refractivity contribution in [3.05, 3.63) is 78.4 Å². The Labute approximate surface area is 242 Å². The normalized spacial score (nSPS) is 15.9. The number of aromatic nitrogens is 7. The predicted octanol–water partition coefficient (Wildman–Crippen LogP) is 3.10. The van der Waals surface area contributed by atoms with Gasteiger partial charge in [-0.1, -0.05) is 12.1 Å². The highest BCUT2D eigenvalue weighted by molar-refractivity contribution is 5.91. The first-order valence-electron chi connectivity index (χ1n) is 13.2. The van der Waals surface area contributed by atoms with E-state index in [9.17, 15) is 9.50 Å². The lowest BCUT2D eigenvalue weighted by Crippen LogP contribution is -2.47. The molecule has 2 atom stereocenters. The zero-order valence-corrected chi connectivity index (χ0v) is 23.6. The van der Waals surface area contributed by atoms with Gasteiger partial charge in [0.25, 0.3) is 0 Å². The summed E-state index contributed by atoms with van der Waals surface area (Å²) >= 11 is 0. The van der Waals surface area contributed by atoms with Gasteiger partial charge in [0.2, 0.25) is 5.95 Å². The molecule has 0 saturated carbocycles. The minimum atomic E-state index is -0.839. The first kappa shape index (κ1) is 28.4. The first-order valence-corrected chi connectivity index (χ1v) is 13.2. The molecule has 1 fully saturated rings. The maximum absolute atomic E-state index is 13.4. The topological polar surface area (TPSA) is 138 Å². The molecule has 1 aromatic carbocycles. The average molecular weight is 579 g/mol. The number of hydrogen-bond donors (Lipinski definition) is 3. The maximum Gasteiger partial charge on any atom is 0.225 e. The molecule has 0 spiro atoms. The molecule has 1 saturated heterocycles. The maximum atomic E-state index is 13.4. The summed E-state index contributed by atoms with van der Waals surface area (Å²) in [4.78, 5) is 26.0. The van der Waals surface area contributed by atoms with Crippen molar-refractivity contribution in [3.63, 3.8) is 0 Å². The Morgan fingerprint density at radius 3 is 2.37 bits per heavy atom. The summed E-state index contributed by atoms with van der Waals surface area (Å²) in [6.07, 6.45) is 8.28. The van der Waals surface area contributed by atoms with E-state index >= 15 is 0 Å². The largest absolute Gasteiger partial charge is 0.391 e. The monoisotopic (exact) mass is 578 g/mol.